The number of carbonyl (C=O) groups excluding carboxylic acids is 1. The minimum absolute atomic E-state index is 0.154. The highest BCUT2D eigenvalue weighted by Gasteiger charge is 2.04. The number of methoxy groups -OCH3 is 1. The number of hydrogen-bond donors (Lipinski definition) is 1. The second kappa shape index (κ2) is 7.40. The molecule has 1 N–H and O–H groups in total. The topological polar surface area (TPSA) is 68.5 Å². The van der Waals surface area contributed by atoms with Gasteiger partial charge in [-0.2, -0.15) is 10.2 Å². The Labute approximate surface area is 129 Å². The van der Waals surface area contributed by atoms with Gasteiger partial charge in [0.05, 0.1) is 25.6 Å². The molecule has 0 saturated carbocycles. The first kappa shape index (κ1) is 15.8. The maximum atomic E-state index is 11.8. The van der Waals surface area contributed by atoms with E-state index in [1.54, 1.807) is 13.3 Å². The second-order valence-electron chi connectivity index (χ2n) is 4.94. The first-order chi connectivity index (χ1) is 10.6. The van der Waals surface area contributed by atoms with Crippen LogP contribution in [0.25, 0.3) is 0 Å². The zero-order valence-electron chi connectivity index (χ0n) is 13.0. The van der Waals surface area contributed by atoms with Crippen molar-refractivity contribution in [2.45, 2.75) is 26.8 Å². The number of benzene rings is 1. The predicted octanol–water partition coefficient (Wildman–Crippen LogP) is 2.05. The van der Waals surface area contributed by atoms with Crippen LogP contribution in [-0.2, 0) is 11.3 Å². The first-order valence-electron chi connectivity index (χ1n) is 7.06. The molecule has 0 aliphatic heterocycles. The lowest BCUT2D eigenvalue weighted by Crippen LogP contribution is -2.20. The summed E-state index contributed by atoms with van der Waals surface area (Å²) in [6, 6.07) is 9.45. The molecule has 0 unspecified atom stereocenters. The van der Waals surface area contributed by atoms with Gasteiger partial charge in [-0.3, -0.25) is 9.48 Å². The van der Waals surface area contributed by atoms with Gasteiger partial charge in [0.1, 0.15) is 5.75 Å². The van der Waals surface area contributed by atoms with E-state index in [0.29, 0.717) is 18.7 Å². The van der Waals surface area contributed by atoms with Crippen molar-refractivity contribution in [3.05, 3.63) is 47.3 Å². The fourth-order valence-electron chi connectivity index (χ4n) is 2.11. The summed E-state index contributed by atoms with van der Waals surface area (Å²) in [5.41, 5.74) is 5.32. The minimum atomic E-state index is -0.154. The van der Waals surface area contributed by atoms with Crippen LogP contribution in [0, 0.1) is 13.8 Å². The Morgan fingerprint density at radius 3 is 2.86 bits per heavy atom. The fraction of sp³-hybridized carbons (Fsp3) is 0.312. The summed E-state index contributed by atoms with van der Waals surface area (Å²) in [5, 5.41) is 8.27. The van der Waals surface area contributed by atoms with E-state index in [-0.39, 0.29) is 5.91 Å². The molecule has 116 valence electrons. The SMILES string of the molecule is COc1ccccc1/C=N/NC(=O)CCn1nc(C)cc1C. The van der Waals surface area contributed by atoms with E-state index < -0.39 is 0 Å². The quantitative estimate of drug-likeness (QED) is 0.656. The van der Waals surface area contributed by atoms with Crippen LogP contribution in [0.3, 0.4) is 0 Å². The van der Waals surface area contributed by atoms with E-state index in [2.05, 4.69) is 15.6 Å². The molecule has 1 heterocycles. The molecular formula is C16H20N4O2. The third-order valence-electron chi connectivity index (χ3n) is 3.19. The number of nitrogens with zero attached hydrogens (tertiary/aromatic N) is 3. The van der Waals surface area contributed by atoms with E-state index in [1.165, 1.54) is 0 Å². The normalized spacial score (nSPS) is 10.9. The molecule has 22 heavy (non-hydrogen) atoms. The molecule has 2 rings (SSSR count). The van der Waals surface area contributed by atoms with Crippen molar-refractivity contribution in [1.82, 2.24) is 15.2 Å². The molecule has 1 amide bonds. The summed E-state index contributed by atoms with van der Waals surface area (Å²) in [4.78, 5) is 11.8. The van der Waals surface area contributed by atoms with Gasteiger partial charge in [-0.1, -0.05) is 12.1 Å². The van der Waals surface area contributed by atoms with E-state index in [9.17, 15) is 4.79 Å². The summed E-state index contributed by atoms with van der Waals surface area (Å²) in [6.45, 7) is 4.44. The highest BCUT2D eigenvalue weighted by Crippen LogP contribution is 2.14. The Morgan fingerprint density at radius 2 is 2.18 bits per heavy atom. The fourth-order valence-corrected chi connectivity index (χ4v) is 2.11. The molecule has 0 aliphatic carbocycles. The summed E-state index contributed by atoms with van der Waals surface area (Å²) in [5.74, 6) is 0.557. The summed E-state index contributed by atoms with van der Waals surface area (Å²) in [6.07, 6.45) is 1.89. The zero-order valence-corrected chi connectivity index (χ0v) is 13.0. The van der Waals surface area contributed by atoms with Gasteiger partial charge >= 0.3 is 0 Å². The van der Waals surface area contributed by atoms with Crippen molar-refractivity contribution in [3.8, 4) is 5.75 Å². The van der Waals surface area contributed by atoms with Crippen LogP contribution >= 0.6 is 0 Å². The lowest BCUT2D eigenvalue weighted by molar-refractivity contribution is -0.121. The monoisotopic (exact) mass is 300 g/mol. The van der Waals surface area contributed by atoms with Crippen molar-refractivity contribution in [2.75, 3.05) is 7.11 Å². The Balaban J connectivity index is 1.85. The molecule has 6 nitrogen and oxygen atoms in total. The number of amides is 1. The highest BCUT2D eigenvalue weighted by atomic mass is 16.5. The maximum Gasteiger partial charge on any atom is 0.241 e. The Kier molecular flexibility index (Phi) is 5.30. The van der Waals surface area contributed by atoms with Crippen LogP contribution < -0.4 is 10.2 Å². The minimum Gasteiger partial charge on any atom is -0.496 e. The molecule has 1 aromatic carbocycles. The molecule has 6 heteroatoms. The number of rotatable bonds is 6. The Bertz CT molecular complexity index is 677. The maximum absolute atomic E-state index is 11.8. The van der Waals surface area contributed by atoms with Gasteiger partial charge in [-0.15, -0.1) is 0 Å². The van der Waals surface area contributed by atoms with E-state index >= 15 is 0 Å². The number of carbonyl (C=O) groups is 1. The highest BCUT2D eigenvalue weighted by molar-refractivity contribution is 5.85. The Morgan fingerprint density at radius 1 is 1.41 bits per heavy atom. The first-order valence-corrected chi connectivity index (χ1v) is 7.06. The molecule has 0 bridgehead atoms. The lowest BCUT2D eigenvalue weighted by Gasteiger charge is -2.04. The molecule has 0 saturated heterocycles. The van der Waals surface area contributed by atoms with Gasteiger partial charge in [0.2, 0.25) is 5.91 Å². The van der Waals surface area contributed by atoms with Crippen LogP contribution in [0.5, 0.6) is 5.75 Å². The number of nitrogens with one attached hydrogen (secondary N) is 1. The smallest absolute Gasteiger partial charge is 0.241 e. The molecule has 1 aromatic heterocycles. The number of hydrazone groups is 1. The molecule has 0 spiro atoms. The predicted molar refractivity (Wildman–Crippen MR) is 85.0 cm³/mol. The lowest BCUT2D eigenvalue weighted by atomic mass is 10.2. The molecule has 0 fully saturated rings. The van der Waals surface area contributed by atoms with Crippen LogP contribution in [-0.4, -0.2) is 29.0 Å². The summed E-state index contributed by atoms with van der Waals surface area (Å²) in [7, 11) is 1.60. The Hall–Kier alpha value is -2.63. The van der Waals surface area contributed by atoms with Gasteiger partial charge in [0, 0.05) is 17.7 Å². The second-order valence-corrected chi connectivity index (χ2v) is 4.94. The van der Waals surface area contributed by atoms with Gasteiger partial charge in [0.15, 0.2) is 0 Å². The van der Waals surface area contributed by atoms with Gasteiger partial charge in [-0.25, -0.2) is 5.43 Å². The van der Waals surface area contributed by atoms with Crippen LogP contribution in [0.2, 0.25) is 0 Å². The average Bonchev–Trinajstić information content (AvgIpc) is 2.83. The van der Waals surface area contributed by atoms with Crippen molar-refractivity contribution in [3.63, 3.8) is 0 Å². The van der Waals surface area contributed by atoms with Crippen LogP contribution in [0.15, 0.2) is 35.4 Å². The van der Waals surface area contributed by atoms with Crippen molar-refractivity contribution in [1.29, 1.82) is 0 Å². The van der Waals surface area contributed by atoms with Crippen LogP contribution in [0.4, 0.5) is 0 Å². The molecule has 0 radical (unpaired) electrons. The summed E-state index contributed by atoms with van der Waals surface area (Å²) >= 11 is 0. The van der Waals surface area contributed by atoms with E-state index in [4.69, 9.17) is 4.74 Å². The third kappa shape index (κ3) is 4.18. The van der Waals surface area contributed by atoms with Crippen LogP contribution in [0.1, 0.15) is 23.4 Å². The average molecular weight is 300 g/mol. The van der Waals surface area contributed by atoms with E-state index in [0.717, 1.165) is 17.0 Å². The molecular weight excluding hydrogens is 280 g/mol. The van der Waals surface area contributed by atoms with Gasteiger partial charge in [-0.05, 0) is 32.0 Å². The number of ether oxygens (including phenoxy) is 1. The molecule has 0 atom stereocenters. The number of aromatic nitrogens is 2. The molecule has 2 aromatic rings. The van der Waals surface area contributed by atoms with Crippen molar-refractivity contribution < 1.29 is 9.53 Å². The number of para-hydroxylation sites is 1. The van der Waals surface area contributed by atoms with E-state index in [1.807, 2.05) is 48.9 Å². The third-order valence-corrected chi connectivity index (χ3v) is 3.19. The number of aryl methyl sites for hydroxylation is 3. The largest absolute Gasteiger partial charge is 0.496 e. The van der Waals surface area contributed by atoms with Crippen molar-refractivity contribution >= 4 is 12.1 Å². The number of hydrogen-bond acceptors (Lipinski definition) is 4. The standard InChI is InChI=1S/C16H20N4O2/c1-12-10-13(2)20(19-12)9-8-16(21)18-17-11-14-6-4-5-7-15(14)22-3/h4-7,10-11H,8-9H2,1-3H3,(H,18,21)/b17-11+. The van der Waals surface area contributed by atoms with Gasteiger partial charge < -0.3 is 4.74 Å². The molecule has 0 aliphatic rings. The summed E-state index contributed by atoms with van der Waals surface area (Å²) < 4.78 is 7.03. The zero-order chi connectivity index (χ0) is 15.9. The van der Waals surface area contributed by atoms with Gasteiger partial charge in [0.25, 0.3) is 0 Å². The van der Waals surface area contributed by atoms with Crippen molar-refractivity contribution in [2.24, 2.45) is 5.10 Å².